The number of halogens is 2. The number of hydrogen-bond acceptors (Lipinski definition) is 3. The van der Waals surface area contributed by atoms with Gasteiger partial charge in [0.25, 0.3) is 0 Å². The summed E-state index contributed by atoms with van der Waals surface area (Å²) in [6, 6.07) is 33.6. The second kappa shape index (κ2) is 8.49. The van der Waals surface area contributed by atoms with E-state index in [1.54, 1.807) is 0 Å². The first-order valence-corrected chi connectivity index (χ1v) is 12.9. The van der Waals surface area contributed by atoms with Crippen LogP contribution in [0.3, 0.4) is 0 Å². The van der Waals surface area contributed by atoms with Gasteiger partial charge in [0.1, 0.15) is 0 Å². The van der Waals surface area contributed by atoms with E-state index in [1.807, 2.05) is 35.6 Å². The van der Waals surface area contributed by atoms with E-state index >= 15 is 0 Å². The normalized spacial score (nSPS) is 11.3. The number of benzene rings is 4. The van der Waals surface area contributed by atoms with Crippen LogP contribution in [-0.2, 0) is 0 Å². The van der Waals surface area contributed by atoms with Gasteiger partial charge < -0.3 is 0 Å². The van der Waals surface area contributed by atoms with Gasteiger partial charge in [0.2, 0.25) is 0 Å². The summed E-state index contributed by atoms with van der Waals surface area (Å²) in [5.41, 5.74) is 4.90. The molecule has 33 heavy (non-hydrogen) atoms. The lowest BCUT2D eigenvalue weighted by Crippen LogP contribution is -1.96. The third-order valence-corrected chi connectivity index (χ3v) is 7.66. The topological polar surface area (TPSA) is 25.8 Å². The Morgan fingerprint density at radius 3 is 1.97 bits per heavy atom. The molecule has 0 atom stereocenters. The number of aromatic nitrogens is 2. The molecule has 0 aliphatic carbocycles. The molecule has 0 aliphatic heterocycles. The molecular formula is C28H16Br2N2S. The summed E-state index contributed by atoms with van der Waals surface area (Å²) in [4.78, 5) is 9.92. The molecule has 0 unspecified atom stereocenters. The van der Waals surface area contributed by atoms with E-state index in [9.17, 15) is 0 Å². The van der Waals surface area contributed by atoms with Crippen molar-refractivity contribution in [2.24, 2.45) is 0 Å². The third kappa shape index (κ3) is 4.01. The highest BCUT2D eigenvalue weighted by Gasteiger charge is 2.13. The predicted octanol–water partition coefficient (Wildman–Crippen LogP) is 9.37. The molecule has 0 saturated carbocycles. The summed E-state index contributed by atoms with van der Waals surface area (Å²) in [7, 11) is 0. The second-order valence-corrected chi connectivity index (χ2v) is 10.7. The highest BCUT2D eigenvalue weighted by Crippen LogP contribution is 2.37. The van der Waals surface area contributed by atoms with Crippen molar-refractivity contribution in [3.8, 4) is 33.9 Å². The van der Waals surface area contributed by atoms with Gasteiger partial charge in [-0.25, -0.2) is 9.97 Å². The summed E-state index contributed by atoms with van der Waals surface area (Å²) >= 11 is 9.05. The molecule has 0 amide bonds. The molecule has 2 nitrogen and oxygen atoms in total. The fraction of sp³-hybridized carbons (Fsp3) is 0. The fourth-order valence-corrected chi connectivity index (χ4v) is 6.43. The molecule has 2 aromatic heterocycles. The Hall–Kier alpha value is -2.86. The van der Waals surface area contributed by atoms with Crippen molar-refractivity contribution in [3.05, 3.63) is 106 Å². The quantitative estimate of drug-likeness (QED) is 0.211. The van der Waals surface area contributed by atoms with Crippen LogP contribution in [0.2, 0.25) is 0 Å². The number of nitrogens with zero attached hydrogens (tertiary/aromatic N) is 2. The van der Waals surface area contributed by atoms with Crippen molar-refractivity contribution in [3.63, 3.8) is 0 Å². The van der Waals surface area contributed by atoms with Crippen molar-refractivity contribution in [2.45, 2.75) is 0 Å². The molecule has 5 heteroatoms. The molecular weight excluding hydrogens is 556 g/mol. The van der Waals surface area contributed by atoms with Gasteiger partial charge in [-0.2, -0.15) is 0 Å². The minimum atomic E-state index is 0.717. The summed E-state index contributed by atoms with van der Waals surface area (Å²) in [5.74, 6) is 0.717. The SMILES string of the molecule is Brc1cc(Br)cc(-c2cc(-c3ccc4sc5ccccc5c4c3)nc(-c3ccccc3)n2)c1. The van der Waals surface area contributed by atoms with Crippen molar-refractivity contribution < 1.29 is 0 Å². The molecule has 0 aliphatic rings. The highest BCUT2D eigenvalue weighted by molar-refractivity contribution is 9.11. The Morgan fingerprint density at radius 1 is 0.515 bits per heavy atom. The smallest absolute Gasteiger partial charge is 0.160 e. The molecule has 6 aromatic rings. The monoisotopic (exact) mass is 570 g/mol. The van der Waals surface area contributed by atoms with Gasteiger partial charge in [-0.05, 0) is 42.5 Å². The van der Waals surface area contributed by atoms with Crippen molar-refractivity contribution in [1.82, 2.24) is 9.97 Å². The first kappa shape index (κ1) is 20.7. The molecule has 0 fully saturated rings. The van der Waals surface area contributed by atoms with Crippen LogP contribution < -0.4 is 0 Å². The predicted molar refractivity (Wildman–Crippen MR) is 147 cm³/mol. The number of hydrogen-bond donors (Lipinski definition) is 0. The Balaban J connectivity index is 1.58. The van der Waals surface area contributed by atoms with Crippen molar-refractivity contribution >= 4 is 63.4 Å². The number of rotatable bonds is 3. The maximum atomic E-state index is 4.98. The van der Waals surface area contributed by atoms with E-state index in [2.05, 4.69) is 105 Å². The first-order chi connectivity index (χ1) is 16.1. The summed E-state index contributed by atoms with van der Waals surface area (Å²) in [6.45, 7) is 0. The average molecular weight is 572 g/mol. The summed E-state index contributed by atoms with van der Waals surface area (Å²) in [5, 5.41) is 2.55. The van der Waals surface area contributed by atoms with Gasteiger partial charge in [-0.1, -0.05) is 86.5 Å². The van der Waals surface area contributed by atoms with Gasteiger partial charge >= 0.3 is 0 Å². The van der Waals surface area contributed by atoms with Crippen LogP contribution in [0.15, 0.2) is 106 Å². The lowest BCUT2D eigenvalue weighted by molar-refractivity contribution is 1.18. The summed E-state index contributed by atoms with van der Waals surface area (Å²) in [6.07, 6.45) is 0. The Kier molecular flexibility index (Phi) is 5.33. The Bertz CT molecular complexity index is 1620. The van der Waals surface area contributed by atoms with Crippen LogP contribution in [0.4, 0.5) is 0 Å². The van der Waals surface area contributed by atoms with Crippen LogP contribution in [0.1, 0.15) is 0 Å². The molecule has 0 spiro atoms. The van der Waals surface area contributed by atoms with Crippen LogP contribution in [-0.4, -0.2) is 9.97 Å². The average Bonchev–Trinajstić information content (AvgIpc) is 3.22. The molecule has 4 aromatic carbocycles. The van der Waals surface area contributed by atoms with E-state index in [1.165, 1.54) is 20.2 Å². The maximum absolute atomic E-state index is 4.98. The van der Waals surface area contributed by atoms with Gasteiger partial charge in [-0.3, -0.25) is 0 Å². The van der Waals surface area contributed by atoms with E-state index in [4.69, 9.17) is 9.97 Å². The third-order valence-electron chi connectivity index (χ3n) is 5.59. The van der Waals surface area contributed by atoms with Gasteiger partial charge in [-0.15, -0.1) is 11.3 Å². The van der Waals surface area contributed by atoms with Gasteiger partial charge in [0.05, 0.1) is 11.4 Å². The van der Waals surface area contributed by atoms with Crippen LogP contribution >= 0.6 is 43.2 Å². The number of thiophene rings is 1. The van der Waals surface area contributed by atoms with Gasteiger partial charge in [0, 0.05) is 45.8 Å². The molecule has 0 radical (unpaired) electrons. The van der Waals surface area contributed by atoms with E-state index in [-0.39, 0.29) is 0 Å². The van der Waals surface area contributed by atoms with E-state index < -0.39 is 0 Å². The maximum Gasteiger partial charge on any atom is 0.160 e. The molecule has 0 N–H and O–H groups in total. The zero-order chi connectivity index (χ0) is 22.4. The minimum Gasteiger partial charge on any atom is -0.228 e. The minimum absolute atomic E-state index is 0.717. The van der Waals surface area contributed by atoms with Crippen molar-refractivity contribution in [1.29, 1.82) is 0 Å². The second-order valence-electron chi connectivity index (χ2n) is 7.80. The standard InChI is InChI=1S/C28H16Br2N2S/c29-20-12-19(13-21(30)15-20)25-16-24(31-28(32-25)17-6-2-1-3-7-17)18-10-11-27-23(14-18)22-8-4-5-9-26(22)33-27/h1-16H. The molecule has 2 heterocycles. The van der Waals surface area contributed by atoms with Crippen molar-refractivity contribution in [2.75, 3.05) is 0 Å². The lowest BCUT2D eigenvalue weighted by Gasteiger charge is -2.10. The van der Waals surface area contributed by atoms with Gasteiger partial charge in [0.15, 0.2) is 5.82 Å². The van der Waals surface area contributed by atoms with Crippen LogP contribution in [0.25, 0.3) is 54.1 Å². The Labute approximate surface area is 212 Å². The zero-order valence-corrected chi connectivity index (χ0v) is 21.3. The fourth-order valence-electron chi connectivity index (χ4n) is 4.05. The lowest BCUT2D eigenvalue weighted by atomic mass is 10.0. The molecule has 0 saturated heterocycles. The number of fused-ring (bicyclic) bond motifs is 3. The zero-order valence-electron chi connectivity index (χ0n) is 17.3. The summed E-state index contributed by atoms with van der Waals surface area (Å²) < 4.78 is 4.59. The van der Waals surface area contributed by atoms with E-state index in [0.717, 1.165) is 42.8 Å². The van der Waals surface area contributed by atoms with Crippen LogP contribution in [0, 0.1) is 0 Å². The van der Waals surface area contributed by atoms with E-state index in [0.29, 0.717) is 0 Å². The molecule has 6 rings (SSSR count). The highest BCUT2D eigenvalue weighted by atomic mass is 79.9. The van der Waals surface area contributed by atoms with Crippen LogP contribution in [0.5, 0.6) is 0 Å². The molecule has 158 valence electrons. The Morgan fingerprint density at radius 2 is 1.18 bits per heavy atom. The molecule has 0 bridgehead atoms. The first-order valence-electron chi connectivity index (χ1n) is 10.5. The largest absolute Gasteiger partial charge is 0.228 e.